The first-order chi connectivity index (χ1) is 11.8. The predicted molar refractivity (Wildman–Crippen MR) is 94.7 cm³/mol. The van der Waals surface area contributed by atoms with Crippen LogP contribution in [0.3, 0.4) is 0 Å². The molecule has 0 radical (unpaired) electrons. The third-order valence-electron chi connectivity index (χ3n) is 4.21. The Bertz CT molecular complexity index is 998. The van der Waals surface area contributed by atoms with Crippen molar-refractivity contribution in [2.75, 3.05) is 6.54 Å². The van der Waals surface area contributed by atoms with Crippen molar-refractivity contribution < 1.29 is 14.3 Å². The number of hydrogen-bond acceptors (Lipinski definition) is 4. The van der Waals surface area contributed by atoms with Crippen LogP contribution in [0.15, 0.2) is 45.6 Å². The molecule has 3 aromatic rings. The SMILES string of the molecule is Cc1cc([C@](C)(O)CNC(=O)c2cc3ccccc3c(=O)[nH]2)c(C)o1. The second-order valence-electron chi connectivity index (χ2n) is 6.38. The van der Waals surface area contributed by atoms with Crippen molar-refractivity contribution in [3.05, 3.63) is 69.5 Å². The van der Waals surface area contributed by atoms with Crippen LogP contribution in [0.25, 0.3) is 10.8 Å². The highest BCUT2D eigenvalue weighted by Crippen LogP contribution is 2.26. The number of fused-ring (bicyclic) bond motifs is 1. The third-order valence-corrected chi connectivity index (χ3v) is 4.21. The number of hydrogen-bond donors (Lipinski definition) is 3. The molecule has 1 amide bonds. The molecule has 3 N–H and O–H groups in total. The number of aryl methyl sites for hydroxylation is 2. The van der Waals surface area contributed by atoms with E-state index in [9.17, 15) is 14.7 Å². The van der Waals surface area contributed by atoms with Crippen LogP contribution in [0.2, 0.25) is 0 Å². The zero-order chi connectivity index (χ0) is 18.2. The van der Waals surface area contributed by atoms with E-state index in [0.29, 0.717) is 27.9 Å². The van der Waals surface area contributed by atoms with Gasteiger partial charge in [0.25, 0.3) is 11.5 Å². The number of nitrogens with one attached hydrogen (secondary N) is 2. The summed E-state index contributed by atoms with van der Waals surface area (Å²) in [7, 11) is 0. The Labute approximate surface area is 144 Å². The number of furan rings is 1. The largest absolute Gasteiger partial charge is 0.466 e. The Hall–Kier alpha value is -2.86. The first-order valence-electron chi connectivity index (χ1n) is 7.98. The molecule has 1 aromatic carbocycles. The minimum atomic E-state index is -1.28. The van der Waals surface area contributed by atoms with Gasteiger partial charge in [-0.2, -0.15) is 0 Å². The van der Waals surface area contributed by atoms with Crippen LogP contribution in [0.5, 0.6) is 0 Å². The third kappa shape index (κ3) is 3.34. The van der Waals surface area contributed by atoms with Crippen molar-refractivity contribution in [3.8, 4) is 0 Å². The van der Waals surface area contributed by atoms with Crippen molar-refractivity contribution in [2.45, 2.75) is 26.4 Å². The molecule has 2 aromatic heterocycles. The summed E-state index contributed by atoms with van der Waals surface area (Å²) in [5, 5.41) is 14.5. The fourth-order valence-corrected chi connectivity index (χ4v) is 2.94. The molecule has 0 saturated heterocycles. The number of pyridine rings is 1. The van der Waals surface area contributed by atoms with E-state index < -0.39 is 11.5 Å². The minimum Gasteiger partial charge on any atom is -0.466 e. The van der Waals surface area contributed by atoms with Gasteiger partial charge in [0.05, 0.1) is 6.54 Å². The summed E-state index contributed by atoms with van der Waals surface area (Å²) >= 11 is 0. The van der Waals surface area contributed by atoms with Gasteiger partial charge in [0, 0.05) is 10.9 Å². The van der Waals surface area contributed by atoms with Crippen molar-refractivity contribution in [1.82, 2.24) is 10.3 Å². The molecule has 0 aliphatic rings. The van der Waals surface area contributed by atoms with Gasteiger partial charge in [-0.3, -0.25) is 9.59 Å². The maximum Gasteiger partial charge on any atom is 0.267 e. The number of aromatic nitrogens is 1. The maximum absolute atomic E-state index is 12.4. The van der Waals surface area contributed by atoms with E-state index in [2.05, 4.69) is 10.3 Å². The number of benzene rings is 1. The van der Waals surface area contributed by atoms with E-state index in [1.165, 1.54) is 0 Å². The first-order valence-corrected chi connectivity index (χ1v) is 7.98. The van der Waals surface area contributed by atoms with Crippen molar-refractivity contribution in [3.63, 3.8) is 0 Å². The van der Waals surface area contributed by atoms with Gasteiger partial charge in [0.1, 0.15) is 22.8 Å². The summed E-state index contributed by atoms with van der Waals surface area (Å²) in [6, 6.07) is 10.4. The number of carbonyl (C=O) groups excluding carboxylic acids is 1. The summed E-state index contributed by atoms with van der Waals surface area (Å²) < 4.78 is 5.44. The molecule has 6 nitrogen and oxygen atoms in total. The molecular formula is C19H20N2O4. The van der Waals surface area contributed by atoms with Gasteiger partial charge >= 0.3 is 0 Å². The van der Waals surface area contributed by atoms with Crippen LogP contribution in [0.4, 0.5) is 0 Å². The summed E-state index contributed by atoms with van der Waals surface area (Å²) in [6.45, 7) is 5.15. The molecule has 0 unspecified atom stereocenters. The molecule has 2 heterocycles. The molecular weight excluding hydrogens is 320 g/mol. The molecule has 1 atom stereocenters. The first kappa shape index (κ1) is 17.0. The van der Waals surface area contributed by atoms with Crippen molar-refractivity contribution in [1.29, 1.82) is 0 Å². The number of aromatic amines is 1. The highest BCUT2D eigenvalue weighted by molar-refractivity contribution is 5.96. The number of amides is 1. The predicted octanol–water partition coefficient (Wildman–Crippen LogP) is 2.38. The molecule has 0 fully saturated rings. The van der Waals surface area contributed by atoms with Crippen LogP contribution in [-0.4, -0.2) is 22.5 Å². The molecule has 0 aliphatic carbocycles. The Balaban J connectivity index is 1.81. The van der Waals surface area contributed by atoms with Gasteiger partial charge in [-0.05, 0) is 44.4 Å². The normalized spacial score (nSPS) is 13.6. The molecule has 0 bridgehead atoms. The average Bonchev–Trinajstić information content (AvgIpc) is 2.92. The second-order valence-corrected chi connectivity index (χ2v) is 6.38. The standard InChI is InChI=1S/C19H20N2O4/c1-11-8-15(12(2)25-11)19(3,24)10-20-18(23)16-9-13-6-4-5-7-14(13)17(22)21-16/h4-9,24H,10H2,1-3H3,(H,20,23)(H,21,22)/t19-/m1/s1. The Kier molecular flexibility index (Phi) is 4.22. The van der Waals surface area contributed by atoms with E-state index >= 15 is 0 Å². The molecule has 0 aliphatic heterocycles. The number of rotatable bonds is 4. The van der Waals surface area contributed by atoms with E-state index in [1.807, 2.05) is 0 Å². The number of aliphatic hydroxyl groups is 1. The summed E-state index contributed by atoms with van der Waals surface area (Å²) in [6.07, 6.45) is 0. The van der Waals surface area contributed by atoms with Crippen molar-refractivity contribution >= 4 is 16.7 Å². The average molecular weight is 340 g/mol. The van der Waals surface area contributed by atoms with E-state index in [1.54, 1.807) is 57.2 Å². The molecule has 0 spiro atoms. The second kappa shape index (κ2) is 6.22. The molecule has 3 rings (SSSR count). The quantitative estimate of drug-likeness (QED) is 0.679. The lowest BCUT2D eigenvalue weighted by molar-refractivity contribution is 0.0512. The lowest BCUT2D eigenvalue weighted by Gasteiger charge is -2.23. The van der Waals surface area contributed by atoms with Gasteiger partial charge < -0.3 is 19.8 Å². The molecule has 6 heteroatoms. The lowest BCUT2D eigenvalue weighted by Crippen LogP contribution is -2.39. The molecule has 0 saturated carbocycles. The monoisotopic (exact) mass is 340 g/mol. The van der Waals surface area contributed by atoms with Gasteiger partial charge in [0.15, 0.2) is 0 Å². The molecule has 25 heavy (non-hydrogen) atoms. The van der Waals surface area contributed by atoms with E-state index in [-0.39, 0.29) is 17.8 Å². The maximum atomic E-state index is 12.4. The van der Waals surface area contributed by atoms with E-state index in [4.69, 9.17) is 4.42 Å². The highest BCUT2D eigenvalue weighted by atomic mass is 16.3. The van der Waals surface area contributed by atoms with Crippen LogP contribution in [0.1, 0.15) is 34.5 Å². The van der Waals surface area contributed by atoms with Gasteiger partial charge in [-0.15, -0.1) is 0 Å². The van der Waals surface area contributed by atoms with Gasteiger partial charge in [-0.1, -0.05) is 18.2 Å². The van der Waals surface area contributed by atoms with E-state index in [0.717, 1.165) is 0 Å². The fourth-order valence-electron chi connectivity index (χ4n) is 2.94. The highest BCUT2D eigenvalue weighted by Gasteiger charge is 2.28. The van der Waals surface area contributed by atoms with Gasteiger partial charge in [0.2, 0.25) is 0 Å². The number of H-pyrrole nitrogens is 1. The minimum absolute atomic E-state index is 0.0134. The molecule has 130 valence electrons. The lowest BCUT2D eigenvalue weighted by atomic mass is 9.96. The zero-order valence-electron chi connectivity index (χ0n) is 14.3. The van der Waals surface area contributed by atoms with Crippen LogP contribution in [0, 0.1) is 13.8 Å². The summed E-state index contributed by atoms with van der Waals surface area (Å²) in [5.74, 6) is 0.842. The summed E-state index contributed by atoms with van der Waals surface area (Å²) in [5.41, 5.74) is -0.831. The number of carbonyl (C=O) groups is 1. The van der Waals surface area contributed by atoms with Crippen LogP contribution in [-0.2, 0) is 5.60 Å². The smallest absolute Gasteiger partial charge is 0.267 e. The van der Waals surface area contributed by atoms with Crippen LogP contribution >= 0.6 is 0 Å². The Morgan fingerprint density at radius 1 is 1.28 bits per heavy atom. The van der Waals surface area contributed by atoms with Gasteiger partial charge in [-0.25, -0.2) is 0 Å². The van der Waals surface area contributed by atoms with Crippen LogP contribution < -0.4 is 10.9 Å². The fraction of sp³-hybridized carbons (Fsp3) is 0.263. The zero-order valence-corrected chi connectivity index (χ0v) is 14.3. The Morgan fingerprint density at radius 3 is 2.68 bits per heavy atom. The van der Waals surface area contributed by atoms with Crippen molar-refractivity contribution in [2.24, 2.45) is 0 Å². The topological polar surface area (TPSA) is 95.3 Å². The summed E-state index contributed by atoms with van der Waals surface area (Å²) in [4.78, 5) is 27.0. The Morgan fingerprint density at radius 2 is 2.00 bits per heavy atom.